The lowest BCUT2D eigenvalue weighted by atomic mass is 10.1. The summed E-state index contributed by atoms with van der Waals surface area (Å²) in [6.45, 7) is 0.559. The van der Waals surface area contributed by atoms with Crippen LogP contribution in [0.2, 0.25) is 5.15 Å². The van der Waals surface area contributed by atoms with E-state index in [-0.39, 0.29) is 0 Å². The fraction of sp³-hybridized carbons (Fsp3) is 0.267. The van der Waals surface area contributed by atoms with Gasteiger partial charge in [-0.15, -0.1) is 0 Å². The number of nitrogens with zero attached hydrogens (tertiary/aromatic N) is 1. The van der Waals surface area contributed by atoms with Gasteiger partial charge in [0.25, 0.3) is 0 Å². The molecule has 0 spiro atoms. The average molecular weight is 309 g/mol. The Morgan fingerprint density at radius 2 is 1.81 bits per heavy atom. The number of aromatic nitrogens is 1. The molecule has 6 heteroatoms. The molecule has 0 saturated heterocycles. The predicted molar refractivity (Wildman–Crippen MR) is 82.7 cm³/mol. The molecule has 0 aliphatic rings. The molecule has 1 heterocycles. The molecule has 0 saturated carbocycles. The zero-order chi connectivity index (χ0) is 15.2. The van der Waals surface area contributed by atoms with Crippen LogP contribution in [-0.2, 0) is 6.54 Å². The predicted octanol–water partition coefficient (Wildman–Crippen LogP) is 3.37. The van der Waals surface area contributed by atoms with Gasteiger partial charge in [0, 0.05) is 24.0 Å². The minimum absolute atomic E-state index is 0.444. The van der Waals surface area contributed by atoms with Gasteiger partial charge in [0.15, 0.2) is 11.5 Å². The maximum absolute atomic E-state index is 5.86. The van der Waals surface area contributed by atoms with Crippen LogP contribution in [0.3, 0.4) is 0 Å². The molecular weight excluding hydrogens is 292 g/mol. The number of hydrogen-bond donors (Lipinski definition) is 1. The number of hydrogen-bond acceptors (Lipinski definition) is 5. The van der Waals surface area contributed by atoms with Gasteiger partial charge in [0.05, 0.1) is 21.3 Å². The molecule has 0 atom stereocenters. The Hall–Kier alpha value is -2.14. The molecule has 1 aromatic heterocycles. The summed E-state index contributed by atoms with van der Waals surface area (Å²) in [5.41, 5.74) is 1.83. The second kappa shape index (κ2) is 7.04. The number of nitrogens with one attached hydrogen (secondary N) is 1. The lowest BCUT2D eigenvalue weighted by Gasteiger charge is -2.16. The van der Waals surface area contributed by atoms with Crippen molar-refractivity contribution in [2.45, 2.75) is 6.54 Å². The van der Waals surface area contributed by atoms with Crippen molar-refractivity contribution in [1.82, 2.24) is 4.98 Å². The number of anilines is 1. The third kappa shape index (κ3) is 3.49. The van der Waals surface area contributed by atoms with E-state index in [1.54, 1.807) is 33.6 Å². The molecule has 21 heavy (non-hydrogen) atoms. The van der Waals surface area contributed by atoms with Crippen molar-refractivity contribution < 1.29 is 14.2 Å². The Kier molecular flexibility index (Phi) is 5.11. The molecule has 0 unspecified atom stereocenters. The lowest BCUT2D eigenvalue weighted by molar-refractivity contribution is 0.322. The standard InChI is InChI=1S/C15H17ClN2O3/c1-19-12-5-4-10(14(20-2)15(12)21-3)9-18-11-6-7-17-13(16)8-11/h4-8H,9H2,1-3H3,(H,17,18). The molecule has 112 valence electrons. The second-order valence-electron chi connectivity index (χ2n) is 4.21. The van der Waals surface area contributed by atoms with Crippen LogP contribution in [0, 0.1) is 0 Å². The Labute approximate surface area is 128 Å². The van der Waals surface area contributed by atoms with E-state index < -0.39 is 0 Å². The van der Waals surface area contributed by atoms with Gasteiger partial charge < -0.3 is 19.5 Å². The topological polar surface area (TPSA) is 52.6 Å². The third-order valence-corrected chi connectivity index (χ3v) is 3.20. The van der Waals surface area contributed by atoms with Crippen LogP contribution in [0.25, 0.3) is 0 Å². The van der Waals surface area contributed by atoms with E-state index in [9.17, 15) is 0 Å². The van der Waals surface area contributed by atoms with Crippen molar-refractivity contribution in [3.05, 3.63) is 41.2 Å². The van der Waals surface area contributed by atoms with Crippen LogP contribution < -0.4 is 19.5 Å². The Morgan fingerprint density at radius 3 is 2.43 bits per heavy atom. The summed E-state index contributed by atoms with van der Waals surface area (Å²) in [6, 6.07) is 7.38. The molecule has 0 radical (unpaired) electrons. The van der Waals surface area contributed by atoms with Gasteiger partial charge in [-0.2, -0.15) is 0 Å². The van der Waals surface area contributed by atoms with E-state index in [2.05, 4.69) is 10.3 Å². The van der Waals surface area contributed by atoms with Crippen molar-refractivity contribution in [3.63, 3.8) is 0 Å². The van der Waals surface area contributed by atoms with E-state index in [1.807, 2.05) is 18.2 Å². The summed E-state index contributed by atoms with van der Waals surface area (Å²) in [5, 5.41) is 3.71. The summed E-state index contributed by atoms with van der Waals surface area (Å²) in [6.07, 6.45) is 1.65. The zero-order valence-electron chi connectivity index (χ0n) is 12.1. The molecule has 0 fully saturated rings. The Bertz CT molecular complexity index is 620. The van der Waals surface area contributed by atoms with Gasteiger partial charge in [-0.3, -0.25) is 0 Å². The highest BCUT2D eigenvalue weighted by molar-refractivity contribution is 6.29. The van der Waals surface area contributed by atoms with Gasteiger partial charge in [-0.05, 0) is 24.3 Å². The maximum atomic E-state index is 5.86. The summed E-state index contributed by atoms with van der Waals surface area (Å²) in [4.78, 5) is 3.94. The fourth-order valence-corrected chi connectivity index (χ4v) is 2.19. The highest BCUT2D eigenvalue weighted by Crippen LogP contribution is 2.39. The Balaban J connectivity index is 2.23. The van der Waals surface area contributed by atoms with Gasteiger partial charge in [-0.25, -0.2) is 4.98 Å². The number of rotatable bonds is 6. The molecule has 2 rings (SSSR count). The van der Waals surface area contributed by atoms with E-state index in [1.165, 1.54) is 0 Å². The minimum atomic E-state index is 0.444. The Morgan fingerprint density at radius 1 is 1.05 bits per heavy atom. The van der Waals surface area contributed by atoms with Gasteiger partial charge in [-0.1, -0.05) is 11.6 Å². The largest absolute Gasteiger partial charge is 0.493 e. The first kappa shape index (κ1) is 15.3. The fourth-order valence-electron chi connectivity index (χ4n) is 2.01. The van der Waals surface area contributed by atoms with E-state index in [0.29, 0.717) is 28.9 Å². The molecule has 1 N–H and O–H groups in total. The summed E-state index contributed by atoms with van der Waals surface area (Å²) >= 11 is 5.86. The first-order valence-corrected chi connectivity index (χ1v) is 6.70. The second-order valence-corrected chi connectivity index (χ2v) is 4.60. The summed E-state index contributed by atoms with van der Waals surface area (Å²) < 4.78 is 16.1. The molecule has 0 aliphatic carbocycles. The summed E-state index contributed by atoms with van der Waals surface area (Å²) in [5.74, 6) is 1.85. The van der Waals surface area contributed by atoms with Crippen molar-refractivity contribution in [2.24, 2.45) is 0 Å². The molecule has 0 bridgehead atoms. The molecule has 2 aromatic rings. The molecule has 0 amide bonds. The minimum Gasteiger partial charge on any atom is -0.493 e. The van der Waals surface area contributed by atoms with Crippen LogP contribution in [-0.4, -0.2) is 26.3 Å². The normalized spacial score (nSPS) is 10.1. The van der Waals surface area contributed by atoms with Crippen LogP contribution in [0.15, 0.2) is 30.5 Å². The number of halogens is 1. The molecule has 5 nitrogen and oxygen atoms in total. The number of ether oxygens (including phenoxy) is 3. The van der Waals surface area contributed by atoms with E-state index in [4.69, 9.17) is 25.8 Å². The number of methoxy groups -OCH3 is 3. The quantitative estimate of drug-likeness (QED) is 0.829. The monoisotopic (exact) mass is 308 g/mol. The first-order valence-electron chi connectivity index (χ1n) is 6.33. The summed E-state index contributed by atoms with van der Waals surface area (Å²) in [7, 11) is 4.78. The van der Waals surface area contributed by atoms with Crippen molar-refractivity contribution >= 4 is 17.3 Å². The molecule has 0 aliphatic heterocycles. The smallest absolute Gasteiger partial charge is 0.203 e. The van der Waals surface area contributed by atoms with Gasteiger partial charge >= 0.3 is 0 Å². The molecular formula is C15H17ClN2O3. The number of pyridine rings is 1. The van der Waals surface area contributed by atoms with Crippen LogP contribution in [0.5, 0.6) is 17.2 Å². The molecule has 1 aromatic carbocycles. The van der Waals surface area contributed by atoms with E-state index >= 15 is 0 Å². The first-order chi connectivity index (χ1) is 10.2. The van der Waals surface area contributed by atoms with E-state index in [0.717, 1.165) is 11.3 Å². The van der Waals surface area contributed by atoms with Crippen LogP contribution in [0.1, 0.15) is 5.56 Å². The zero-order valence-corrected chi connectivity index (χ0v) is 12.9. The van der Waals surface area contributed by atoms with Gasteiger partial charge in [0.1, 0.15) is 5.15 Å². The SMILES string of the molecule is COc1ccc(CNc2ccnc(Cl)c2)c(OC)c1OC. The van der Waals surface area contributed by atoms with Crippen molar-refractivity contribution in [1.29, 1.82) is 0 Å². The van der Waals surface area contributed by atoms with Crippen molar-refractivity contribution in [2.75, 3.05) is 26.6 Å². The maximum Gasteiger partial charge on any atom is 0.203 e. The average Bonchev–Trinajstić information content (AvgIpc) is 2.51. The van der Waals surface area contributed by atoms with Crippen LogP contribution >= 0.6 is 11.6 Å². The highest BCUT2D eigenvalue weighted by Gasteiger charge is 2.15. The third-order valence-electron chi connectivity index (χ3n) is 3.00. The van der Waals surface area contributed by atoms with Gasteiger partial charge in [0.2, 0.25) is 5.75 Å². The number of benzene rings is 1. The highest BCUT2D eigenvalue weighted by atomic mass is 35.5. The van der Waals surface area contributed by atoms with Crippen LogP contribution in [0.4, 0.5) is 5.69 Å². The lowest BCUT2D eigenvalue weighted by Crippen LogP contribution is -2.04. The van der Waals surface area contributed by atoms with Crippen molar-refractivity contribution in [3.8, 4) is 17.2 Å².